The molecule has 0 bridgehead atoms. The second-order valence-corrected chi connectivity index (χ2v) is 4.47. The lowest BCUT2D eigenvalue weighted by molar-refractivity contribution is 1.13. The van der Waals surface area contributed by atoms with Gasteiger partial charge in [0.2, 0.25) is 0 Å². The molecule has 0 aliphatic rings. The van der Waals surface area contributed by atoms with Crippen molar-refractivity contribution in [3.63, 3.8) is 0 Å². The number of nitrogens with one attached hydrogen (secondary N) is 2. The minimum Gasteiger partial charge on any atom is -0.376 e. The molecule has 1 heterocycles. The van der Waals surface area contributed by atoms with Crippen LogP contribution in [0.3, 0.4) is 0 Å². The number of pyridine rings is 1. The average Bonchev–Trinajstić information content (AvgIpc) is 2.40. The van der Waals surface area contributed by atoms with E-state index in [4.69, 9.17) is 0 Å². The van der Waals surface area contributed by atoms with Crippen LogP contribution in [0.1, 0.15) is 6.92 Å². The Morgan fingerprint density at radius 3 is 2.47 bits per heavy atom. The predicted molar refractivity (Wildman–Crippen MR) is 82.5 cm³/mol. The number of hydrogen-bond donors (Lipinski definition) is 2. The van der Waals surface area contributed by atoms with E-state index in [2.05, 4.69) is 39.6 Å². The van der Waals surface area contributed by atoms with Crippen LogP contribution in [0, 0.1) is 0 Å². The van der Waals surface area contributed by atoms with Gasteiger partial charge in [0.25, 0.3) is 0 Å². The second-order valence-electron chi connectivity index (χ2n) is 4.47. The van der Waals surface area contributed by atoms with Crippen LogP contribution in [0.25, 0.3) is 0 Å². The molecule has 2 rings (SSSR count). The summed E-state index contributed by atoms with van der Waals surface area (Å²) in [6.45, 7) is 2.92. The highest BCUT2D eigenvalue weighted by molar-refractivity contribution is 5.74. The summed E-state index contributed by atoms with van der Waals surface area (Å²) in [5.74, 6) is 1.72. The lowest BCUT2D eigenvalue weighted by Crippen LogP contribution is -2.11. The zero-order valence-electron chi connectivity index (χ0n) is 11.6. The van der Waals surface area contributed by atoms with Gasteiger partial charge in [-0.05, 0) is 31.2 Å². The molecule has 4 heteroatoms. The normalized spacial score (nSPS) is 10.1. The number of hydrogen-bond acceptors (Lipinski definition) is 4. The lowest BCUT2D eigenvalue weighted by atomic mass is 10.2. The van der Waals surface area contributed by atoms with Crippen molar-refractivity contribution in [3.05, 3.63) is 42.5 Å². The SMILES string of the molecule is CCNc1cccc(Nc2ccccc2N(C)C)n1. The van der Waals surface area contributed by atoms with Gasteiger partial charge in [-0.1, -0.05) is 18.2 Å². The maximum atomic E-state index is 4.52. The molecule has 0 fully saturated rings. The molecule has 0 atom stereocenters. The van der Waals surface area contributed by atoms with Crippen LogP contribution in [0.4, 0.5) is 23.0 Å². The Bertz CT molecular complexity index is 537. The van der Waals surface area contributed by atoms with Crippen LogP contribution >= 0.6 is 0 Å². The smallest absolute Gasteiger partial charge is 0.132 e. The molecule has 0 unspecified atom stereocenters. The number of anilines is 4. The van der Waals surface area contributed by atoms with E-state index in [1.54, 1.807) is 0 Å². The summed E-state index contributed by atoms with van der Waals surface area (Å²) in [5, 5.41) is 6.57. The molecule has 4 nitrogen and oxygen atoms in total. The fourth-order valence-electron chi connectivity index (χ4n) is 1.89. The van der Waals surface area contributed by atoms with E-state index in [1.807, 2.05) is 44.4 Å². The summed E-state index contributed by atoms with van der Waals surface area (Å²) >= 11 is 0. The van der Waals surface area contributed by atoms with Crippen LogP contribution in [-0.4, -0.2) is 25.6 Å². The topological polar surface area (TPSA) is 40.2 Å². The van der Waals surface area contributed by atoms with Crippen molar-refractivity contribution >= 4 is 23.0 Å². The fourth-order valence-corrected chi connectivity index (χ4v) is 1.89. The molecule has 0 spiro atoms. The molecule has 2 N–H and O–H groups in total. The van der Waals surface area contributed by atoms with E-state index >= 15 is 0 Å². The molecule has 0 saturated carbocycles. The van der Waals surface area contributed by atoms with E-state index in [0.29, 0.717) is 0 Å². The maximum Gasteiger partial charge on any atom is 0.132 e. The van der Waals surface area contributed by atoms with Gasteiger partial charge in [0, 0.05) is 20.6 Å². The third-order valence-corrected chi connectivity index (χ3v) is 2.76. The van der Waals surface area contributed by atoms with Gasteiger partial charge in [0.15, 0.2) is 0 Å². The number of rotatable bonds is 5. The molecule has 0 amide bonds. The van der Waals surface area contributed by atoms with Gasteiger partial charge in [-0.15, -0.1) is 0 Å². The van der Waals surface area contributed by atoms with Crippen LogP contribution < -0.4 is 15.5 Å². The average molecular weight is 256 g/mol. The van der Waals surface area contributed by atoms with Gasteiger partial charge >= 0.3 is 0 Å². The molecule has 19 heavy (non-hydrogen) atoms. The van der Waals surface area contributed by atoms with Gasteiger partial charge < -0.3 is 15.5 Å². The molecule has 0 aliphatic heterocycles. The molecular formula is C15H20N4. The Kier molecular flexibility index (Phi) is 4.23. The summed E-state index contributed by atoms with van der Waals surface area (Å²) in [7, 11) is 4.06. The van der Waals surface area contributed by atoms with E-state index in [-0.39, 0.29) is 0 Å². The Morgan fingerprint density at radius 1 is 1.00 bits per heavy atom. The van der Waals surface area contributed by atoms with Crippen LogP contribution in [0.5, 0.6) is 0 Å². The molecule has 100 valence electrons. The molecule has 0 aliphatic carbocycles. The highest BCUT2D eigenvalue weighted by Crippen LogP contribution is 2.26. The van der Waals surface area contributed by atoms with Crippen molar-refractivity contribution in [3.8, 4) is 0 Å². The Hall–Kier alpha value is -2.23. The number of nitrogens with zero attached hydrogens (tertiary/aromatic N) is 2. The highest BCUT2D eigenvalue weighted by atomic mass is 15.1. The predicted octanol–water partition coefficient (Wildman–Crippen LogP) is 3.32. The van der Waals surface area contributed by atoms with Gasteiger partial charge in [-0.25, -0.2) is 4.98 Å². The van der Waals surface area contributed by atoms with Gasteiger partial charge in [-0.3, -0.25) is 0 Å². The molecule has 1 aromatic carbocycles. The molecule has 2 aromatic rings. The van der Waals surface area contributed by atoms with Crippen molar-refractivity contribution < 1.29 is 0 Å². The summed E-state index contributed by atoms with van der Waals surface area (Å²) in [4.78, 5) is 6.60. The zero-order chi connectivity index (χ0) is 13.7. The monoisotopic (exact) mass is 256 g/mol. The summed E-state index contributed by atoms with van der Waals surface area (Å²) in [6, 6.07) is 14.1. The standard InChI is InChI=1S/C15H20N4/c1-4-16-14-10-7-11-15(18-14)17-12-8-5-6-9-13(12)19(2)3/h5-11H,4H2,1-3H3,(H2,16,17,18). The quantitative estimate of drug-likeness (QED) is 0.861. The third-order valence-electron chi connectivity index (χ3n) is 2.76. The Balaban J connectivity index is 2.23. The molecular weight excluding hydrogens is 236 g/mol. The van der Waals surface area contributed by atoms with Crippen LogP contribution in [-0.2, 0) is 0 Å². The lowest BCUT2D eigenvalue weighted by Gasteiger charge is -2.18. The first-order valence-electron chi connectivity index (χ1n) is 6.45. The Labute approximate surface area is 114 Å². The largest absolute Gasteiger partial charge is 0.376 e. The summed E-state index contributed by atoms with van der Waals surface area (Å²) in [6.07, 6.45) is 0. The van der Waals surface area contributed by atoms with E-state index in [9.17, 15) is 0 Å². The minimum absolute atomic E-state index is 0.841. The van der Waals surface area contributed by atoms with Gasteiger partial charge in [-0.2, -0.15) is 0 Å². The van der Waals surface area contributed by atoms with Crippen LogP contribution in [0.2, 0.25) is 0 Å². The first kappa shape index (κ1) is 13.2. The summed E-state index contributed by atoms with van der Waals surface area (Å²) in [5.41, 5.74) is 2.19. The van der Waals surface area contributed by atoms with Gasteiger partial charge in [0.05, 0.1) is 11.4 Å². The highest BCUT2D eigenvalue weighted by Gasteiger charge is 2.04. The van der Waals surface area contributed by atoms with Gasteiger partial charge in [0.1, 0.15) is 11.6 Å². The van der Waals surface area contributed by atoms with E-state index in [0.717, 1.165) is 29.6 Å². The van der Waals surface area contributed by atoms with Crippen LogP contribution in [0.15, 0.2) is 42.5 Å². The number of benzene rings is 1. The van der Waals surface area contributed by atoms with Crippen molar-refractivity contribution in [1.29, 1.82) is 0 Å². The Morgan fingerprint density at radius 2 is 1.74 bits per heavy atom. The van der Waals surface area contributed by atoms with E-state index < -0.39 is 0 Å². The second kappa shape index (κ2) is 6.09. The molecule has 0 saturated heterocycles. The minimum atomic E-state index is 0.841. The number of aromatic nitrogens is 1. The first-order chi connectivity index (χ1) is 9.20. The molecule has 1 aromatic heterocycles. The summed E-state index contributed by atoms with van der Waals surface area (Å²) < 4.78 is 0. The van der Waals surface area contributed by atoms with Crippen molar-refractivity contribution in [2.45, 2.75) is 6.92 Å². The van der Waals surface area contributed by atoms with Crippen molar-refractivity contribution in [1.82, 2.24) is 4.98 Å². The first-order valence-corrected chi connectivity index (χ1v) is 6.45. The molecule has 0 radical (unpaired) electrons. The zero-order valence-corrected chi connectivity index (χ0v) is 11.6. The number of para-hydroxylation sites is 2. The van der Waals surface area contributed by atoms with Crippen molar-refractivity contribution in [2.75, 3.05) is 36.2 Å². The third kappa shape index (κ3) is 3.37. The van der Waals surface area contributed by atoms with E-state index in [1.165, 1.54) is 0 Å². The fraction of sp³-hybridized carbons (Fsp3) is 0.267. The maximum absolute atomic E-state index is 4.52. The van der Waals surface area contributed by atoms with Crippen molar-refractivity contribution in [2.24, 2.45) is 0 Å².